The van der Waals surface area contributed by atoms with E-state index in [1.165, 1.54) is 31.5 Å². The minimum Gasteiger partial charge on any atom is -0.451 e. The van der Waals surface area contributed by atoms with Crippen LogP contribution in [0.4, 0.5) is 5.69 Å². The number of aryl methyl sites for hydroxylation is 2. The lowest BCUT2D eigenvalue weighted by Crippen LogP contribution is -2.24. The number of nitrogens with one attached hydrogen (secondary N) is 1. The summed E-state index contributed by atoms with van der Waals surface area (Å²) in [5.74, 6) is -1.12. The van der Waals surface area contributed by atoms with Crippen LogP contribution >= 0.6 is 11.3 Å². The van der Waals surface area contributed by atoms with Gasteiger partial charge in [0.25, 0.3) is 5.91 Å². The minimum atomic E-state index is -3.63. The van der Waals surface area contributed by atoms with Crippen LogP contribution in [0.25, 0.3) is 0 Å². The number of benzene rings is 1. The Morgan fingerprint density at radius 2 is 1.85 bits per heavy atom. The van der Waals surface area contributed by atoms with Crippen LogP contribution in [0.3, 0.4) is 0 Å². The summed E-state index contributed by atoms with van der Waals surface area (Å²) in [5, 5.41) is 2.54. The molecule has 26 heavy (non-hydrogen) atoms. The topological polar surface area (TPSA) is 92.8 Å². The number of rotatable bonds is 6. The smallest absolute Gasteiger partial charge is 0.348 e. The molecular formula is C17H20N2O5S2. The van der Waals surface area contributed by atoms with E-state index in [1.54, 1.807) is 31.2 Å². The highest BCUT2D eigenvalue weighted by atomic mass is 32.2. The van der Waals surface area contributed by atoms with Crippen molar-refractivity contribution in [2.24, 2.45) is 0 Å². The fourth-order valence-corrected chi connectivity index (χ4v) is 4.00. The molecule has 2 rings (SSSR count). The molecule has 0 radical (unpaired) electrons. The second-order valence-electron chi connectivity index (χ2n) is 5.80. The van der Waals surface area contributed by atoms with Crippen molar-refractivity contribution in [3.05, 3.63) is 45.6 Å². The molecule has 0 atom stereocenters. The number of amides is 1. The third kappa shape index (κ3) is 4.69. The van der Waals surface area contributed by atoms with Crippen LogP contribution in [0.15, 0.2) is 35.2 Å². The number of carbonyl (C=O) groups is 2. The molecule has 0 saturated carbocycles. The largest absolute Gasteiger partial charge is 0.451 e. The zero-order valence-corrected chi connectivity index (χ0v) is 16.5. The van der Waals surface area contributed by atoms with E-state index in [4.69, 9.17) is 4.74 Å². The Morgan fingerprint density at radius 3 is 2.42 bits per heavy atom. The Bertz CT molecular complexity index is 932. The number of nitrogens with zero attached hydrogens (tertiary/aromatic N) is 1. The van der Waals surface area contributed by atoms with Gasteiger partial charge in [-0.2, -0.15) is 0 Å². The molecule has 1 aromatic carbocycles. The van der Waals surface area contributed by atoms with Crippen LogP contribution in [0, 0.1) is 13.8 Å². The SMILES string of the molecule is Cc1ccc(C(=O)OCC(=O)Nc2ccc(C)c(S(=O)(=O)N(C)C)c2)s1. The number of hydrogen-bond acceptors (Lipinski definition) is 6. The van der Waals surface area contributed by atoms with Crippen LogP contribution in [0.2, 0.25) is 0 Å². The van der Waals surface area contributed by atoms with Crippen LogP contribution in [-0.4, -0.2) is 45.3 Å². The number of hydrogen-bond donors (Lipinski definition) is 1. The predicted octanol–water partition coefficient (Wildman–Crippen LogP) is 2.41. The van der Waals surface area contributed by atoms with E-state index in [9.17, 15) is 18.0 Å². The Hall–Kier alpha value is -2.23. The minimum absolute atomic E-state index is 0.103. The second kappa shape index (κ2) is 7.98. The maximum absolute atomic E-state index is 12.3. The lowest BCUT2D eigenvalue weighted by atomic mass is 10.2. The van der Waals surface area contributed by atoms with E-state index < -0.39 is 28.5 Å². The van der Waals surface area contributed by atoms with Crippen molar-refractivity contribution in [2.45, 2.75) is 18.7 Å². The van der Waals surface area contributed by atoms with Gasteiger partial charge in [0.2, 0.25) is 10.0 Å². The molecule has 0 aliphatic rings. The molecule has 2 aromatic rings. The van der Waals surface area contributed by atoms with Crippen molar-refractivity contribution in [1.82, 2.24) is 4.31 Å². The molecule has 9 heteroatoms. The summed E-state index contributed by atoms with van der Waals surface area (Å²) in [4.78, 5) is 25.3. The number of carbonyl (C=O) groups excluding carboxylic acids is 2. The van der Waals surface area contributed by atoms with Gasteiger partial charge >= 0.3 is 5.97 Å². The van der Waals surface area contributed by atoms with Crippen LogP contribution in [0.5, 0.6) is 0 Å². The Labute approximate surface area is 156 Å². The predicted molar refractivity (Wildman–Crippen MR) is 100 cm³/mol. The lowest BCUT2D eigenvalue weighted by molar-refractivity contribution is -0.119. The van der Waals surface area contributed by atoms with Gasteiger partial charge in [-0.25, -0.2) is 17.5 Å². The molecule has 0 fully saturated rings. The number of ether oxygens (including phenoxy) is 1. The number of anilines is 1. The Kier molecular flexibility index (Phi) is 6.17. The summed E-state index contributed by atoms with van der Waals surface area (Å²) in [6.45, 7) is 3.08. The average Bonchev–Trinajstić information content (AvgIpc) is 3.00. The molecule has 7 nitrogen and oxygen atoms in total. The lowest BCUT2D eigenvalue weighted by Gasteiger charge is -2.15. The summed E-state index contributed by atoms with van der Waals surface area (Å²) in [6, 6.07) is 8.00. The fraction of sp³-hybridized carbons (Fsp3) is 0.294. The average molecular weight is 396 g/mol. The highest BCUT2D eigenvalue weighted by Gasteiger charge is 2.20. The fourth-order valence-electron chi connectivity index (χ4n) is 2.10. The molecule has 0 spiro atoms. The van der Waals surface area contributed by atoms with Gasteiger partial charge in [-0.1, -0.05) is 6.07 Å². The standard InChI is InChI=1S/C17H20N2O5S2/c1-11-5-7-13(9-15(11)26(22,23)19(3)4)18-16(20)10-24-17(21)14-8-6-12(2)25-14/h5-9H,10H2,1-4H3,(H,18,20). The molecule has 1 amide bonds. The quantitative estimate of drug-likeness (QED) is 0.757. The number of thiophene rings is 1. The van der Waals surface area contributed by atoms with Gasteiger partial charge in [0.1, 0.15) is 4.88 Å². The number of esters is 1. The summed E-state index contributed by atoms with van der Waals surface area (Å²) in [6.07, 6.45) is 0. The third-order valence-corrected chi connectivity index (χ3v) is 6.44. The second-order valence-corrected chi connectivity index (χ2v) is 9.21. The third-order valence-electron chi connectivity index (χ3n) is 3.51. The summed E-state index contributed by atoms with van der Waals surface area (Å²) >= 11 is 1.28. The molecule has 1 N–H and O–H groups in total. The first kappa shape index (κ1) is 20.1. The van der Waals surface area contributed by atoms with E-state index >= 15 is 0 Å². The van der Waals surface area contributed by atoms with Crippen molar-refractivity contribution < 1.29 is 22.7 Å². The van der Waals surface area contributed by atoms with Gasteiger partial charge in [0, 0.05) is 24.7 Å². The summed E-state index contributed by atoms with van der Waals surface area (Å²) in [5.41, 5.74) is 0.875. The van der Waals surface area contributed by atoms with E-state index in [0.717, 1.165) is 9.18 Å². The van der Waals surface area contributed by atoms with Crippen molar-refractivity contribution in [1.29, 1.82) is 0 Å². The number of sulfonamides is 1. The van der Waals surface area contributed by atoms with E-state index in [2.05, 4.69) is 5.32 Å². The van der Waals surface area contributed by atoms with Crippen LogP contribution in [-0.2, 0) is 19.6 Å². The van der Waals surface area contributed by atoms with Gasteiger partial charge in [-0.05, 0) is 43.7 Å². The van der Waals surface area contributed by atoms with Gasteiger partial charge < -0.3 is 10.1 Å². The maximum atomic E-state index is 12.3. The molecule has 1 aromatic heterocycles. The Morgan fingerprint density at radius 1 is 1.15 bits per heavy atom. The van der Waals surface area contributed by atoms with Gasteiger partial charge in [0.15, 0.2) is 6.61 Å². The van der Waals surface area contributed by atoms with Crippen molar-refractivity contribution in [3.8, 4) is 0 Å². The molecule has 0 bridgehead atoms. The molecular weight excluding hydrogens is 376 g/mol. The zero-order chi connectivity index (χ0) is 19.5. The maximum Gasteiger partial charge on any atom is 0.348 e. The summed E-state index contributed by atoms with van der Waals surface area (Å²) in [7, 11) is -0.755. The van der Waals surface area contributed by atoms with Crippen molar-refractivity contribution >= 4 is 38.9 Å². The highest BCUT2D eigenvalue weighted by Crippen LogP contribution is 2.22. The Balaban J connectivity index is 2.04. The molecule has 140 valence electrons. The molecule has 0 aliphatic carbocycles. The molecule has 0 saturated heterocycles. The van der Waals surface area contributed by atoms with E-state index in [-0.39, 0.29) is 4.90 Å². The molecule has 0 aliphatic heterocycles. The normalized spacial score (nSPS) is 11.4. The zero-order valence-electron chi connectivity index (χ0n) is 14.9. The summed E-state index contributed by atoms with van der Waals surface area (Å²) < 4.78 is 30.7. The monoisotopic (exact) mass is 396 g/mol. The molecule has 0 unspecified atom stereocenters. The van der Waals surface area contributed by atoms with Crippen LogP contribution in [0.1, 0.15) is 20.1 Å². The van der Waals surface area contributed by atoms with Gasteiger partial charge in [-0.3, -0.25) is 4.79 Å². The molecule has 1 heterocycles. The van der Waals surface area contributed by atoms with E-state index in [1.807, 2.05) is 6.92 Å². The van der Waals surface area contributed by atoms with E-state index in [0.29, 0.717) is 16.1 Å². The van der Waals surface area contributed by atoms with Gasteiger partial charge in [0.05, 0.1) is 4.90 Å². The van der Waals surface area contributed by atoms with Gasteiger partial charge in [-0.15, -0.1) is 11.3 Å². The first-order valence-corrected chi connectivity index (χ1v) is 9.93. The highest BCUT2D eigenvalue weighted by molar-refractivity contribution is 7.89. The first-order chi connectivity index (χ1) is 12.1. The first-order valence-electron chi connectivity index (χ1n) is 7.68. The van der Waals surface area contributed by atoms with Crippen molar-refractivity contribution in [2.75, 3.05) is 26.0 Å². The van der Waals surface area contributed by atoms with Crippen LogP contribution < -0.4 is 5.32 Å². The van der Waals surface area contributed by atoms with Crippen molar-refractivity contribution in [3.63, 3.8) is 0 Å².